The molecule has 0 saturated carbocycles. The van der Waals surface area contributed by atoms with Crippen LogP contribution < -0.4 is 0 Å². The summed E-state index contributed by atoms with van der Waals surface area (Å²) in [4.78, 5) is 10.5. The fourth-order valence-electron chi connectivity index (χ4n) is 1.20. The first-order valence-electron chi connectivity index (χ1n) is 4.31. The number of aldehydes is 1. The molecule has 0 N–H and O–H groups in total. The molecule has 0 aliphatic carbocycles. The minimum absolute atomic E-state index is 0.0405. The summed E-state index contributed by atoms with van der Waals surface area (Å²) in [5, 5.41) is 8.73. The highest BCUT2D eigenvalue weighted by Gasteiger charge is 2.04. The Balaban J connectivity index is 2.87. The van der Waals surface area contributed by atoms with Crippen molar-refractivity contribution in [3.63, 3.8) is 0 Å². The third-order valence-electron chi connectivity index (χ3n) is 1.94. The monoisotopic (exact) mass is 299 g/mol. The number of rotatable bonds is 3. The highest BCUT2D eigenvalue weighted by atomic mass is 127. The van der Waals surface area contributed by atoms with Crippen molar-refractivity contribution in [1.82, 2.24) is 0 Å². The predicted molar refractivity (Wildman–Crippen MR) is 62.8 cm³/mol. The summed E-state index contributed by atoms with van der Waals surface area (Å²) in [5.74, 6) is 0.0405. The van der Waals surface area contributed by atoms with Gasteiger partial charge in [-0.2, -0.15) is 5.26 Å². The number of hydrogen-bond acceptors (Lipinski definition) is 2. The van der Waals surface area contributed by atoms with Crippen LogP contribution in [0.3, 0.4) is 0 Å². The van der Waals surface area contributed by atoms with Crippen LogP contribution in [0, 0.1) is 20.8 Å². The van der Waals surface area contributed by atoms with Gasteiger partial charge in [0, 0.05) is 9.49 Å². The van der Waals surface area contributed by atoms with Gasteiger partial charge in [0.1, 0.15) is 12.4 Å². The van der Waals surface area contributed by atoms with Gasteiger partial charge in [-0.3, -0.25) is 0 Å². The summed E-state index contributed by atoms with van der Waals surface area (Å²) in [5.41, 5.74) is 1.79. The Hall–Kier alpha value is -0.890. The van der Waals surface area contributed by atoms with Crippen LogP contribution in [-0.4, -0.2) is 6.29 Å². The molecule has 0 aliphatic heterocycles. The Morgan fingerprint density at radius 3 is 2.86 bits per heavy atom. The maximum atomic E-state index is 10.5. The summed E-state index contributed by atoms with van der Waals surface area (Å²) in [6.07, 6.45) is 1.69. The highest BCUT2D eigenvalue weighted by Crippen LogP contribution is 2.15. The van der Waals surface area contributed by atoms with Gasteiger partial charge in [0.25, 0.3) is 0 Å². The van der Waals surface area contributed by atoms with Gasteiger partial charge in [0.05, 0.1) is 5.56 Å². The zero-order chi connectivity index (χ0) is 10.6. The molecule has 0 amide bonds. The Kier molecular flexibility index (Phi) is 4.08. The van der Waals surface area contributed by atoms with Gasteiger partial charge >= 0.3 is 0 Å². The van der Waals surface area contributed by atoms with Crippen molar-refractivity contribution in [3.8, 4) is 6.07 Å². The van der Waals surface area contributed by atoms with Crippen LogP contribution in [0.1, 0.15) is 18.1 Å². The van der Waals surface area contributed by atoms with Crippen LogP contribution in [0.2, 0.25) is 0 Å². The van der Waals surface area contributed by atoms with Gasteiger partial charge in [-0.25, -0.2) is 0 Å². The predicted octanol–water partition coefficient (Wildman–Crippen LogP) is 2.54. The lowest BCUT2D eigenvalue weighted by Crippen LogP contribution is -2.01. The molecule has 0 fully saturated rings. The quantitative estimate of drug-likeness (QED) is 0.635. The lowest BCUT2D eigenvalue weighted by Gasteiger charge is -2.04. The second kappa shape index (κ2) is 5.11. The molecule has 3 heteroatoms. The molecule has 0 aliphatic rings. The van der Waals surface area contributed by atoms with E-state index in [1.54, 1.807) is 6.07 Å². The van der Waals surface area contributed by atoms with Crippen LogP contribution in [0.25, 0.3) is 0 Å². The molecule has 0 spiro atoms. The van der Waals surface area contributed by atoms with Crippen molar-refractivity contribution in [1.29, 1.82) is 5.26 Å². The highest BCUT2D eigenvalue weighted by molar-refractivity contribution is 14.1. The Morgan fingerprint density at radius 2 is 2.36 bits per heavy atom. The normalized spacial score (nSPS) is 11.8. The van der Waals surface area contributed by atoms with Crippen molar-refractivity contribution in [3.05, 3.63) is 32.9 Å². The summed E-state index contributed by atoms with van der Waals surface area (Å²) in [6, 6.07) is 7.77. The molecule has 14 heavy (non-hydrogen) atoms. The van der Waals surface area contributed by atoms with Gasteiger partial charge in [-0.05, 0) is 46.7 Å². The lowest BCUT2D eigenvalue weighted by atomic mass is 10.0. The van der Waals surface area contributed by atoms with Gasteiger partial charge in [-0.15, -0.1) is 0 Å². The van der Waals surface area contributed by atoms with Gasteiger partial charge < -0.3 is 4.79 Å². The topological polar surface area (TPSA) is 40.9 Å². The SMILES string of the molecule is CC(C=O)Cc1ccc(C#N)c(I)c1. The molecule has 0 radical (unpaired) electrons. The number of hydrogen-bond donors (Lipinski definition) is 0. The molecule has 0 bridgehead atoms. The molecular formula is C11H10INO. The van der Waals surface area contributed by atoms with Gasteiger partial charge in [0.2, 0.25) is 0 Å². The minimum Gasteiger partial charge on any atom is -0.303 e. The average molecular weight is 299 g/mol. The van der Waals surface area contributed by atoms with Crippen LogP contribution in [0.4, 0.5) is 0 Å². The van der Waals surface area contributed by atoms with E-state index < -0.39 is 0 Å². The Labute approximate surface area is 97.1 Å². The van der Waals surface area contributed by atoms with E-state index >= 15 is 0 Å². The minimum atomic E-state index is 0.0405. The maximum absolute atomic E-state index is 10.5. The number of halogens is 1. The van der Waals surface area contributed by atoms with E-state index in [1.807, 2.05) is 19.1 Å². The molecule has 0 heterocycles. The fraction of sp³-hybridized carbons (Fsp3) is 0.273. The maximum Gasteiger partial charge on any atom is 0.123 e. The van der Waals surface area contributed by atoms with E-state index in [1.165, 1.54) is 0 Å². The molecule has 2 nitrogen and oxygen atoms in total. The number of nitrogens with zero attached hydrogens (tertiary/aromatic N) is 1. The van der Waals surface area contributed by atoms with E-state index in [2.05, 4.69) is 28.7 Å². The zero-order valence-corrected chi connectivity index (χ0v) is 9.98. The van der Waals surface area contributed by atoms with Crippen molar-refractivity contribution >= 4 is 28.9 Å². The van der Waals surface area contributed by atoms with Crippen molar-refractivity contribution < 1.29 is 4.79 Å². The summed E-state index contributed by atoms with van der Waals surface area (Å²) < 4.78 is 0.945. The summed E-state index contributed by atoms with van der Waals surface area (Å²) in [6.45, 7) is 1.89. The van der Waals surface area contributed by atoms with E-state index in [0.717, 1.165) is 21.8 Å². The fourth-order valence-corrected chi connectivity index (χ4v) is 1.90. The lowest BCUT2D eigenvalue weighted by molar-refractivity contribution is -0.110. The zero-order valence-electron chi connectivity index (χ0n) is 7.83. The summed E-state index contributed by atoms with van der Waals surface area (Å²) in [7, 11) is 0. The van der Waals surface area contributed by atoms with Crippen molar-refractivity contribution in [2.75, 3.05) is 0 Å². The van der Waals surface area contributed by atoms with Gasteiger partial charge in [0.15, 0.2) is 0 Å². The first-order chi connectivity index (χ1) is 6.67. The smallest absolute Gasteiger partial charge is 0.123 e. The molecule has 1 atom stereocenters. The van der Waals surface area contributed by atoms with Crippen LogP contribution in [0.15, 0.2) is 18.2 Å². The standard InChI is InChI=1S/C11H10INO/c1-8(7-14)4-9-2-3-10(6-13)11(12)5-9/h2-3,5,7-8H,4H2,1H3. The number of carbonyl (C=O) groups is 1. The van der Waals surface area contributed by atoms with E-state index in [9.17, 15) is 4.79 Å². The molecular weight excluding hydrogens is 289 g/mol. The van der Waals surface area contributed by atoms with Crippen molar-refractivity contribution in [2.24, 2.45) is 5.92 Å². The molecule has 1 rings (SSSR count). The molecule has 1 unspecified atom stereocenters. The molecule has 0 aromatic heterocycles. The largest absolute Gasteiger partial charge is 0.303 e. The number of benzene rings is 1. The van der Waals surface area contributed by atoms with Crippen LogP contribution in [-0.2, 0) is 11.2 Å². The second-order valence-corrected chi connectivity index (χ2v) is 4.41. The first-order valence-corrected chi connectivity index (χ1v) is 5.39. The second-order valence-electron chi connectivity index (χ2n) is 3.24. The first kappa shape index (κ1) is 11.2. The molecule has 72 valence electrons. The third kappa shape index (κ3) is 2.81. The van der Waals surface area contributed by atoms with E-state index in [4.69, 9.17) is 5.26 Å². The number of carbonyl (C=O) groups excluding carboxylic acids is 1. The van der Waals surface area contributed by atoms with Crippen LogP contribution >= 0.6 is 22.6 Å². The third-order valence-corrected chi connectivity index (χ3v) is 2.84. The van der Waals surface area contributed by atoms with Crippen molar-refractivity contribution in [2.45, 2.75) is 13.3 Å². The van der Waals surface area contributed by atoms with E-state index in [-0.39, 0.29) is 5.92 Å². The number of nitriles is 1. The van der Waals surface area contributed by atoms with Gasteiger partial charge in [-0.1, -0.05) is 13.0 Å². The Morgan fingerprint density at radius 1 is 1.64 bits per heavy atom. The molecule has 0 saturated heterocycles. The summed E-state index contributed by atoms with van der Waals surface area (Å²) >= 11 is 2.13. The Bertz CT molecular complexity index is 381. The van der Waals surface area contributed by atoms with Crippen LogP contribution in [0.5, 0.6) is 0 Å². The molecule has 1 aromatic rings. The van der Waals surface area contributed by atoms with E-state index in [0.29, 0.717) is 5.56 Å². The molecule has 1 aromatic carbocycles. The average Bonchev–Trinajstić information content (AvgIpc) is 2.18.